The van der Waals surface area contributed by atoms with E-state index >= 15 is 0 Å². The molecular formula is C15H10Cl2N2O2. The van der Waals surface area contributed by atoms with Crippen molar-refractivity contribution in [3.05, 3.63) is 63.5 Å². The lowest BCUT2D eigenvalue weighted by molar-refractivity contribution is -0.123. The third kappa shape index (κ3) is 2.65. The lowest BCUT2D eigenvalue weighted by Crippen LogP contribution is -2.24. The van der Waals surface area contributed by atoms with Gasteiger partial charge in [0.25, 0.3) is 5.91 Å². The fraction of sp³-hybridized carbons (Fsp3) is 0.0667. The second-order valence-corrected chi connectivity index (χ2v) is 5.03. The van der Waals surface area contributed by atoms with E-state index in [4.69, 9.17) is 28.7 Å². The van der Waals surface area contributed by atoms with E-state index in [1.54, 1.807) is 0 Å². The van der Waals surface area contributed by atoms with Crippen LogP contribution in [0, 0.1) is 0 Å². The van der Waals surface area contributed by atoms with E-state index in [2.05, 4.69) is 10.3 Å². The van der Waals surface area contributed by atoms with Crippen molar-refractivity contribution in [2.24, 2.45) is 4.99 Å². The number of fused-ring (bicyclic) bond motifs is 1. The first-order valence-corrected chi connectivity index (χ1v) is 6.60. The standard InChI is InChI=1S/C15H10Cl2N2O2/c16-8-5-6-12-10(7-8)13(19-15(21)14(20)18-12)9-3-1-2-4-11(9)17/h1-7,15,21H,(H,18,20)/t15-/m0/s1/i1D,2D,3D,4D. The highest BCUT2D eigenvalue weighted by Gasteiger charge is 2.25. The molecule has 6 heteroatoms. The maximum atomic E-state index is 11.9. The van der Waals surface area contributed by atoms with Crippen LogP contribution in [-0.4, -0.2) is 23.0 Å². The van der Waals surface area contributed by atoms with E-state index in [-0.39, 0.29) is 27.5 Å². The van der Waals surface area contributed by atoms with Crippen molar-refractivity contribution in [3.8, 4) is 0 Å². The monoisotopic (exact) mass is 324 g/mol. The molecule has 0 aliphatic carbocycles. The normalized spacial score (nSPS) is 20.2. The van der Waals surface area contributed by atoms with Gasteiger partial charge < -0.3 is 10.4 Å². The van der Waals surface area contributed by atoms with E-state index in [9.17, 15) is 9.90 Å². The van der Waals surface area contributed by atoms with Crippen LogP contribution in [-0.2, 0) is 4.79 Å². The summed E-state index contributed by atoms with van der Waals surface area (Å²) in [4.78, 5) is 15.8. The summed E-state index contributed by atoms with van der Waals surface area (Å²) in [6.45, 7) is 0. The summed E-state index contributed by atoms with van der Waals surface area (Å²) in [7, 11) is 0. The fourth-order valence-electron chi connectivity index (χ4n) is 1.93. The van der Waals surface area contributed by atoms with Crippen LogP contribution < -0.4 is 5.32 Å². The average Bonchev–Trinajstić information content (AvgIpc) is 2.69. The average molecular weight is 325 g/mol. The van der Waals surface area contributed by atoms with Gasteiger partial charge in [-0.25, -0.2) is 4.99 Å². The van der Waals surface area contributed by atoms with E-state index in [1.807, 2.05) is 0 Å². The molecule has 0 unspecified atom stereocenters. The number of benzodiazepines with no additional fused rings is 1. The van der Waals surface area contributed by atoms with Crippen LogP contribution in [0.2, 0.25) is 10.0 Å². The molecule has 1 atom stereocenters. The maximum Gasteiger partial charge on any atom is 0.276 e. The molecule has 0 saturated carbocycles. The van der Waals surface area contributed by atoms with E-state index in [0.717, 1.165) is 0 Å². The molecular weight excluding hydrogens is 311 g/mol. The van der Waals surface area contributed by atoms with E-state index in [1.165, 1.54) is 18.2 Å². The van der Waals surface area contributed by atoms with Crippen molar-refractivity contribution in [2.45, 2.75) is 6.23 Å². The number of hydrogen-bond acceptors (Lipinski definition) is 3. The van der Waals surface area contributed by atoms with Crippen LogP contribution in [0.25, 0.3) is 0 Å². The molecule has 21 heavy (non-hydrogen) atoms. The summed E-state index contributed by atoms with van der Waals surface area (Å²) in [5, 5.41) is 12.5. The SMILES string of the molecule is [2H]c1c([2H])c([2H])c(C2=N[C@@H](O)C(=O)Nc3ccc(Cl)cc32)c(Cl)c1[2H]. The van der Waals surface area contributed by atoms with Crippen LogP contribution in [0.15, 0.2) is 47.4 Å². The summed E-state index contributed by atoms with van der Waals surface area (Å²) < 4.78 is 31.5. The van der Waals surface area contributed by atoms with Gasteiger partial charge in [-0.1, -0.05) is 41.3 Å². The molecule has 0 aromatic heterocycles. The van der Waals surface area contributed by atoms with Crippen LogP contribution >= 0.6 is 23.2 Å². The van der Waals surface area contributed by atoms with Crippen molar-refractivity contribution in [2.75, 3.05) is 5.32 Å². The third-order valence-corrected chi connectivity index (χ3v) is 3.38. The summed E-state index contributed by atoms with van der Waals surface area (Å²) in [6, 6.07) is 2.62. The number of aliphatic hydroxyl groups is 1. The Balaban J connectivity index is 2.39. The second-order valence-electron chi connectivity index (χ2n) is 4.22. The van der Waals surface area contributed by atoms with Gasteiger partial charge in [0, 0.05) is 21.2 Å². The Bertz CT molecular complexity index is 921. The molecule has 0 bridgehead atoms. The number of nitrogens with zero attached hydrogens (tertiary/aromatic N) is 1. The number of nitrogens with one attached hydrogen (secondary N) is 1. The van der Waals surface area contributed by atoms with E-state index < -0.39 is 36.3 Å². The lowest BCUT2D eigenvalue weighted by Gasteiger charge is -2.11. The van der Waals surface area contributed by atoms with Crippen LogP contribution in [0.3, 0.4) is 0 Å². The molecule has 0 fully saturated rings. The van der Waals surface area contributed by atoms with Gasteiger partial charge in [-0.15, -0.1) is 0 Å². The van der Waals surface area contributed by atoms with Gasteiger partial charge in [-0.2, -0.15) is 0 Å². The van der Waals surface area contributed by atoms with Gasteiger partial charge in [0.1, 0.15) is 0 Å². The first-order valence-electron chi connectivity index (χ1n) is 7.85. The zero-order chi connectivity index (χ0) is 18.5. The highest BCUT2D eigenvalue weighted by atomic mass is 35.5. The second kappa shape index (κ2) is 5.48. The van der Waals surface area contributed by atoms with Crippen molar-refractivity contribution in [3.63, 3.8) is 0 Å². The smallest absolute Gasteiger partial charge is 0.276 e. The topological polar surface area (TPSA) is 61.7 Å². The minimum absolute atomic E-state index is 0.0552. The van der Waals surface area contributed by atoms with Gasteiger partial charge in [-0.05, 0) is 24.2 Å². The molecule has 2 aromatic carbocycles. The predicted octanol–water partition coefficient (Wildman–Crippen LogP) is 3.10. The van der Waals surface area contributed by atoms with Gasteiger partial charge >= 0.3 is 0 Å². The number of hydrogen-bond donors (Lipinski definition) is 2. The molecule has 0 radical (unpaired) electrons. The summed E-state index contributed by atoms with van der Waals surface area (Å²) in [5.74, 6) is -0.782. The number of rotatable bonds is 1. The fourth-order valence-corrected chi connectivity index (χ4v) is 2.28. The Labute approximate surface area is 136 Å². The number of aliphatic imine (C=N–C) groups is 1. The largest absolute Gasteiger partial charge is 0.364 e. The number of carbonyl (C=O) groups excluding carboxylic acids is 1. The van der Waals surface area contributed by atoms with Crippen LogP contribution in [0.4, 0.5) is 5.69 Å². The Hall–Kier alpha value is -1.88. The molecule has 106 valence electrons. The predicted molar refractivity (Wildman–Crippen MR) is 83.2 cm³/mol. The molecule has 4 nitrogen and oxygen atoms in total. The maximum absolute atomic E-state index is 11.9. The number of benzene rings is 2. The minimum Gasteiger partial charge on any atom is -0.364 e. The molecule has 2 aromatic rings. The molecule has 3 rings (SSSR count). The molecule has 1 amide bonds. The molecule has 1 heterocycles. The lowest BCUT2D eigenvalue weighted by atomic mass is 10.0. The van der Waals surface area contributed by atoms with Gasteiger partial charge in [0.05, 0.1) is 16.9 Å². The number of anilines is 1. The number of aliphatic hydroxyl groups excluding tert-OH is 1. The minimum atomic E-state index is -1.77. The zero-order valence-electron chi connectivity index (χ0n) is 14.4. The van der Waals surface area contributed by atoms with Crippen LogP contribution in [0.5, 0.6) is 0 Å². The molecule has 1 aliphatic rings. The van der Waals surface area contributed by atoms with Crippen molar-refractivity contribution in [1.29, 1.82) is 0 Å². The zero-order valence-corrected chi connectivity index (χ0v) is 11.9. The number of amides is 1. The Morgan fingerprint density at radius 1 is 1.24 bits per heavy atom. The van der Waals surface area contributed by atoms with Gasteiger partial charge in [0.15, 0.2) is 0 Å². The molecule has 2 N–H and O–H groups in total. The third-order valence-electron chi connectivity index (χ3n) is 2.86. The number of carbonyl (C=O) groups is 1. The Morgan fingerprint density at radius 3 is 2.81 bits per heavy atom. The van der Waals surface area contributed by atoms with Gasteiger partial charge in [0.2, 0.25) is 6.23 Å². The molecule has 0 spiro atoms. The summed E-state index contributed by atoms with van der Waals surface area (Å²) >= 11 is 12.1. The summed E-state index contributed by atoms with van der Waals surface area (Å²) in [5.41, 5.74) is 0.393. The summed E-state index contributed by atoms with van der Waals surface area (Å²) in [6.07, 6.45) is -1.77. The van der Waals surface area contributed by atoms with E-state index in [0.29, 0.717) is 5.02 Å². The van der Waals surface area contributed by atoms with Crippen LogP contribution in [0.1, 0.15) is 16.6 Å². The highest BCUT2D eigenvalue weighted by Crippen LogP contribution is 2.29. The number of halogens is 2. The quantitative estimate of drug-likeness (QED) is 0.846. The first kappa shape index (κ1) is 9.95. The van der Waals surface area contributed by atoms with Crippen molar-refractivity contribution < 1.29 is 15.4 Å². The Kier molecular flexibility index (Phi) is 2.60. The molecule has 0 saturated heterocycles. The van der Waals surface area contributed by atoms with Gasteiger partial charge in [-0.3, -0.25) is 4.79 Å². The highest BCUT2D eigenvalue weighted by molar-refractivity contribution is 6.36. The van der Waals surface area contributed by atoms with Crippen molar-refractivity contribution >= 4 is 40.5 Å². The first-order chi connectivity index (χ1) is 11.7. The van der Waals surface area contributed by atoms with Crippen molar-refractivity contribution in [1.82, 2.24) is 0 Å². The molecule has 1 aliphatic heterocycles. The Morgan fingerprint density at radius 2 is 2.00 bits per heavy atom.